The van der Waals surface area contributed by atoms with E-state index in [-0.39, 0.29) is 11.5 Å². The standard InChI is InChI=1S/C18H17N7OS2/c1-11-4-2-3-5-13(11)21-17-23-14(22-16(19)24-17)10-27-9-12-8-15(26)25-6-7-28-18(25)20-12/h2-8H,9-10H2,1H3,(H3,19,21,22,23,24). The van der Waals surface area contributed by atoms with Gasteiger partial charge in [-0.1, -0.05) is 18.2 Å². The van der Waals surface area contributed by atoms with Crippen LogP contribution in [0, 0.1) is 6.92 Å². The molecular formula is C18H17N7OS2. The van der Waals surface area contributed by atoms with Crippen molar-refractivity contribution >= 4 is 45.6 Å². The molecule has 28 heavy (non-hydrogen) atoms. The van der Waals surface area contributed by atoms with Crippen molar-refractivity contribution in [2.45, 2.75) is 18.4 Å². The summed E-state index contributed by atoms with van der Waals surface area (Å²) in [5.74, 6) is 2.26. The van der Waals surface area contributed by atoms with Gasteiger partial charge in [-0.15, -0.1) is 23.1 Å². The predicted molar refractivity (Wildman–Crippen MR) is 113 cm³/mol. The van der Waals surface area contributed by atoms with Gasteiger partial charge in [0.15, 0.2) is 4.96 Å². The summed E-state index contributed by atoms with van der Waals surface area (Å²) in [7, 11) is 0. The van der Waals surface area contributed by atoms with Crippen LogP contribution >= 0.6 is 23.1 Å². The molecule has 142 valence electrons. The number of para-hydroxylation sites is 1. The number of aryl methyl sites for hydroxylation is 1. The smallest absolute Gasteiger partial charge is 0.258 e. The van der Waals surface area contributed by atoms with Gasteiger partial charge in [-0.05, 0) is 18.6 Å². The van der Waals surface area contributed by atoms with Crippen LogP contribution in [0.4, 0.5) is 17.6 Å². The Morgan fingerprint density at radius 3 is 2.89 bits per heavy atom. The number of fused-ring (bicyclic) bond motifs is 1. The van der Waals surface area contributed by atoms with E-state index < -0.39 is 0 Å². The van der Waals surface area contributed by atoms with Gasteiger partial charge >= 0.3 is 0 Å². The highest BCUT2D eigenvalue weighted by Gasteiger charge is 2.08. The number of hydrogen-bond donors (Lipinski definition) is 2. The van der Waals surface area contributed by atoms with Crippen LogP contribution in [0.5, 0.6) is 0 Å². The second-order valence-electron chi connectivity index (χ2n) is 6.01. The molecule has 0 aliphatic carbocycles. The Hall–Kier alpha value is -2.98. The minimum Gasteiger partial charge on any atom is -0.368 e. The number of nitrogens with zero attached hydrogens (tertiary/aromatic N) is 5. The molecule has 3 heterocycles. The molecule has 0 spiro atoms. The van der Waals surface area contributed by atoms with Crippen LogP contribution in [0.1, 0.15) is 17.1 Å². The Bertz CT molecular complexity index is 1190. The molecular weight excluding hydrogens is 394 g/mol. The molecule has 3 N–H and O–H groups in total. The van der Waals surface area contributed by atoms with Crippen LogP contribution in [0.2, 0.25) is 0 Å². The molecule has 0 fully saturated rings. The van der Waals surface area contributed by atoms with E-state index in [1.807, 2.05) is 36.6 Å². The molecule has 3 aromatic heterocycles. The minimum absolute atomic E-state index is 0.0732. The zero-order valence-corrected chi connectivity index (χ0v) is 16.6. The number of nitrogen functional groups attached to an aromatic ring is 1. The number of nitrogens with two attached hydrogens (primary N) is 1. The molecule has 8 nitrogen and oxygen atoms in total. The summed E-state index contributed by atoms with van der Waals surface area (Å²) >= 11 is 3.00. The zero-order chi connectivity index (χ0) is 19.5. The van der Waals surface area contributed by atoms with Gasteiger partial charge < -0.3 is 11.1 Å². The zero-order valence-electron chi connectivity index (χ0n) is 15.0. The molecule has 0 saturated heterocycles. The van der Waals surface area contributed by atoms with E-state index >= 15 is 0 Å². The molecule has 0 saturated carbocycles. The fourth-order valence-electron chi connectivity index (χ4n) is 2.60. The predicted octanol–water partition coefficient (Wildman–Crippen LogP) is 3.01. The summed E-state index contributed by atoms with van der Waals surface area (Å²) in [4.78, 5) is 30.0. The number of rotatable bonds is 6. The summed E-state index contributed by atoms with van der Waals surface area (Å²) in [5, 5.41) is 5.02. The third kappa shape index (κ3) is 4.12. The van der Waals surface area contributed by atoms with E-state index in [1.165, 1.54) is 15.7 Å². The van der Waals surface area contributed by atoms with Gasteiger partial charge in [-0.25, -0.2) is 4.98 Å². The molecule has 0 amide bonds. The van der Waals surface area contributed by atoms with Crippen LogP contribution in [0.3, 0.4) is 0 Å². The van der Waals surface area contributed by atoms with Crippen molar-refractivity contribution in [3.05, 3.63) is 69.3 Å². The highest BCUT2D eigenvalue weighted by molar-refractivity contribution is 7.97. The molecule has 4 rings (SSSR count). The molecule has 0 bridgehead atoms. The van der Waals surface area contributed by atoms with Crippen LogP contribution in [0.25, 0.3) is 4.96 Å². The number of benzene rings is 1. The Morgan fingerprint density at radius 2 is 2.04 bits per heavy atom. The van der Waals surface area contributed by atoms with Crippen molar-refractivity contribution in [1.82, 2.24) is 24.3 Å². The quantitative estimate of drug-likeness (QED) is 0.498. The average Bonchev–Trinajstić information content (AvgIpc) is 3.12. The fourth-order valence-corrected chi connectivity index (χ4v) is 4.11. The Labute approximate surface area is 168 Å². The lowest BCUT2D eigenvalue weighted by molar-refractivity contribution is 0.980. The summed E-state index contributed by atoms with van der Waals surface area (Å²) in [6.07, 6.45) is 1.73. The van der Waals surface area contributed by atoms with Crippen molar-refractivity contribution in [1.29, 1.82) is 0 Å². The molecule has 0 aliphatic rings. The van der Waals surface area contributed by atoms with E-state index in [0.717, 1.165) is 16.9 Å². The molecule has 0 unspecified atom stereocenters. The average molecular weight is 412 g/mol. The van der Waals surface area contributed by atoms with Crippen LogP contribution in [-0.4, -0.2) is 24.3 Å². The minimum atomic E-state index is -0.0732. The lowest BCUT2D eigenvalue weighted by Gasteiger charge is -2.09. The first kappa shape index (κ1) is 18.4. The van der Waals surface area contributed by atoms with Crippen molar-refractivity contribution in [3.63, 3.8) is 0 Å². The number of thioether (sulfide) groups is 1. The first-order valence-corrected chi connectivity index (χ1v) is 10.5. The normalized spacial score (nSPS) is 11.0. The second kappa shape index (κ2) is 7.95. The largest absolute Gasteiger partial charge is 0.368 e. The van der Waals surface area contributed by atoms with Crippen molar-refractivity contribution in [2.75, 3.05) is 11.1 Å². The number of anilines is 3. The fraction of sp³-hybridized carbons (Fsp3) is 0.167. The van der Waals surface area contributed by atoms with E-state index in [9.17, 15) is 4.79 Å². The van der Waals surface area contributed by atoms with E-state index in [1.54, 1.807) is 24.0 Å². The highest BCUT2D eigenvalue weighted by Crippen LogP contribution is 2.20. The van der Waals surface area contributed by atoms with Gasteiger partial charge in [-0.3, -0.25) is 9.20 Å². The third-order valence-corrected chi connectivity index (χ3v) is 5.65. The van der Waals surface area contributed by atoms with E-state index in [2.05, 4.69) is 25.3 Å². The van der Waals surface area contributed by atoms with Gasteiger partial charge in [0, 0.05) is 29.1 Å². The Morgan fingerprint density at radius 1 is 1.18 bits per heavy atom. The molecule has 4 aromatic rings. The van der Waals surface area contributed by atoms with Crippen molar-refractivity contribution in [2.24, 2.45) is 0 Å². The van der Waals surface area contributed by atoms with Gasteiger partial charge in [-0.2, -0.15) is 15.0 Å². The monoisotopic (exact) mass is 411 g/mol. The number of nitrogens with one attached hydrogen (secondary N) is 1. The lowest BCUT2D eigenvalue weighted by Crippen LogP contribution is -2.12. The van der Waals surface area contributed by atoms with Crippen molar-refractivity contribution < 1.29 is 0 Å². The molecule has 0 radical (unpaired) electrons. The topological polar surface area (TPSA) is 111 Å². The highest BCUT2D eigenvalue weighted by atomic mass is 32.2. The van der Waals surface area contributed by atoms with Crippen LogP contribution < -0.4 is 16.6 Å². The van der Waals surface area contributed by atoms with Gasteiger partial charge in [0.2, 0.25) is 11.9 Å². The maximum Gasteiger partial charge on any atom is 0.258 e. The second-order valence-corrected chi connectivity index (χ2v) is 7.87. The molecule has 0 atom stereocenters. The third-order valence-electron chi connectivity index (χ3n) is 3.93. The van der Waals surface area contributed by atoms with Crippen LogP contribution in [0.15, 0.2) is 46.7 Å². The van der Waals surface area contributed by atoms with Crippen molar-refractivity contribution in [3.8, 4) is 0 Å². The van der Waals surface area contributed by atoms with Crippen LogP contribution in [-0.2, 0) is 11.5 Å². The Kier molecular flexibility index (Phi) is 5.22. The summed E-state index contributed by atoms with van der Waals surface area (Å²) in [6.45, 7) is 2.00. The van der Waals surface area contributed by atoms with Gasteiger partial charge in [0.05, 0.1) is 11.4 Å². The summed E-state index contributed by atoms with van der Waals surface area (Å²) in [6, 6.07) is 9.42. The maximum atomic E-state index is 12.0. The summed E-state index contributed by atoms with van der Waals surface area (Å²) in [5.41, 5.74) is 8.50. The number of hydrogen-bond acceptors (Lipinski definition) is 9. The van der Waals surface area contributed by atoms with E-state index in [0.29, 0.717) is 28.2 Å². The maximum absolute atomic E-state index is 12.0. The SMILES string of the molecule is Cc1ccccc1Nc1nc(N)nc(CSCc2cc(=O)n3ccsc3n2)n1. The first-order valence-electron chi connectivity index (χ1n) is 8.45. The summed E-state index contributed by atoms with van der Waals surface area (Å²) < 4.78 is 1.54. The molecule has 10 heteroatoms. The lowest BCUT2D eigenvalue weighted by atomic mass is 10.2. The van der Waals surface area contributed by atoms with E-state index in [4.69, 9.17) is 5.73 Å². The number of aromatic nitrogens is 5. The first-order chi connectivity index (χ1) is 13.6. The molecule has 1 aromatic carbocycles. The van der Waals surface area contributed by atoms with Gasteiger partial charge in [0.1, 0.15) is 5.82 Å². The van der Waals surface area contributed by atoms with Gasteiger partial charge in [0.25, 0.3) is 5.56 Å². The Balaban J connectivity index is 1.45. The number of thiazole rings is 1. The molecule has 0 aliphatic heterocycles.